The maximum absolute atomic E-state index is 12.2. The third-order valence-electron chi connectivity index (χ3n) is 3.14. The third-order valence-corrected chi connectivity index (χ3v) is 3.14. The molecule has 2 rings (SSSR count). The van der Waals surface area contributed by atoms with E-state index in [2.05, 4.69) is 10.6 Å². The van der Waals surface area contributed by atoms with E-state index in [0.29, 0.717) is 30.4 Å². The molecule has 1 aliphatic heterocycles. The molecule has 132 valence electrons. The van der Waals surface area contributed by atoms with Crippen molar-refractivity contribution in [2.24, 2.45) is 0 Å². The predicted octanol–water partition coefficient (Wildman–Crippen LogP) is 2.70. The summed E-state index contributed by atoms with van der Waals surface area (Å²) in [7, 11) is 0. The molecule has 0 aliphatic carbocycles. The highest BCUT2D eigenvalue weighted by Crippen LogP contribution is 2.32. The summed E-state index contributed by atoms with van der Waals surface area (Å²) in [6.07, 6.45) is 0.177. The van der Waals surface area contributed by atoms with Crippen molar-refractivity contribution >= 4 is 17.7 Å². The average Bonchev–Trinajstić information content (AvgIpc) is 2.69. The van der Waals surface area contributed by atoms with E-state index in [9.17, 15) is 9.59 Å². The first-order valence-corrected chi connectivity index (χ1v) is 7.94. The van der Waals surface area contributed by atoms with Crippen molar-refractivity contribution in [3.05, 3.63) is 18.2 Å². The van der Waals surface area contributed by atoms with Crippen molar-refractivity contribution in [1.29, 1.82) is 0 Å². The first kappa shape index (κ1) is 17.9. The second-order valence-corrected chi connectivity index (χ2v) is 6.57. The largest absolute Gasteiger partial charge is 0.490 e. The predicted molar refractivity (Wildman–Crippen MR) is 89.5 cm³/mol. The topological polar surface area (TPSA) is 85.9 Å². The summed E-state index contributed by atoms with van der Waals surface area (Å²) in [6.45, 7) is 8.04. The van der Waals surface area contributed by atoms with E-state index in [1.165, 1.54) is 0 Å². The van der Waals surface area contributed by atoms with Gasteiger partial charge < -0.3 is 24.8 Å². The molecular formula is C17H24N2O5. The van der Waals surface area contributed by atoms with Crippen molar-refractivity contribution in [1.82, 2.24) is 5.32 Å². The number of carbonyl (C=O) groups is 2. The summed E-state index contributed by atoms with van der Waals surface area (Å²) >= 11 is 0. The van der Waals surface area contributed by atoms with Crippen LogP contribution in [0.2, 0.25) is 0 Å². The van der Waals surface area contributed by atoms with E-state index in [0.717, 1.165) is 6.42 Å². The van der Waals surface area contributed by atoms with Crippen LogP contribution in [0.3, 0.4) is 0 Å². The lowest BCUT2D eigenvalue weighted by Crippen LogP contribution is -2.43. The number of hydrogen-bond donors (Lipinski definition) is 2. The van der Waals surface area contributed by atoms with Gasteiger partial charge in [-0.2, -0.15) is 0 Å². The minimum absolute atomic E-state index is 0.352. The third kappa shape index (κ3) is 5.33. The number of rotatable bonds is 3. The van der Waals surface area contributed by atoms with Gasteiger partial charge in [0.2, 0.25) is 5.91 Å². The van der Waals surface area contributed by atoms with Crippen LogP contribution in [0.25, 0.3) is 0 Å². The van der Waals surface area contributed by atoms with Gasteiger partial charge in [-0.15, -0.1) is 0 Å². The van der Waals surface area contributed by atoms with E-state index in [1.54, 1.807) is 45.9 Å². The summed E-state index contributed by atoms with van der Waals surface area (Å²) in [5.41, 5.74) is -0.0451. The Bertz CT molecular complexity index is 609. The molecule has 0 aromatic heterocycles. The first-order valence-electron chi connectivity index (χ1n) is 7.94. The molecule has 2 N–H and O–H groups in total. The standard InChI is InChI=1S/C17H24N2O5/c1-11(18-16(21)24-17(2,3)4)15(20)19-12-6-7-13-14(10-12)23-9-5-8-22-13/h6-7,10-11H,5,8-9H2,1-4H3,(H,18,21)(H,19,20). The zero-order valence-electron chi connectivity index (χ0n) is 14.5. The fourth-order valence-electron chi connectivity index (χ4n) is 2.04. The molecule has 1 heterocycles. The van der Waals surface area contributed by atoms with E-state index in [1.807, 2.05) is 0 Å². The number of carbonyl (C=O) groups excluding carboxylic acids is 2. The Morgan fingerprint density at radius 3 is 2.50 bits per heavy atom. The maximum Gasteiger partial charge on any atom is 0.408 e. The molecule has 1 unspecified atom stereocenters. The molecule has 0 spiro atoms. The highest BCUT2D eigenvalue weighted by Gasteiger charge is 2.21. The number of anilines is 1. The minimum atomic E-state index is -0.740. The van der Waals surface area contributed by atoms with Gasteiger partial charge in [-0.1, -0.05) is 0 Å². The second-order valence-electron chi connectivity index (χ2n) is 6.57. The number of fused-ring (bicyclic) bond motifs is 1. The minimum Gasteiger partial charge on any atom is -0.490 e. The Hall–Kier alpha value is -2.44. The van der Waals surface area contributed by atoms with Crippen molar-refractivity contribution in [2.45, 2.75) is 45.8 Å². The number of hydrogen-bond acceptors (Lipinski definition) is 5. The number of alkyl carbamates (subject to hydrolysis) is 1. The molecule has 1 aliphatic rings. The van der Waals surface area contributed by atoms with Gasteiger partial charge >= 0.3 is 6.09 Å². The van der Waals surface area contributed by atoms with Crippen molar-refractivity contribution in [3.8, 4) is 11.5 Å². The molecule has 2 amide bonds. The maximum atomic E-state index is 12.2. The Kier molecular flexibility index (Phi) is 5.54. The second kappa shape index (κ2) is 7.42. The monoisotopic (exact) mass is 336 g/mol. The molecule has 0 saturated heterocycles. The van der Waals surface area contributed by atoms with Crippen LogP contribution in [0.5, 0.6) is 11.5 Å². The summed E-state index contributed by atoms with van der Waals surface area (Å²) in [5.74, 6) is 0.902. The van der Waals surface area contributed by atoms with Gasteiger partial charge in [-0.05, 0) is 39.8 Å². The van der Waals surface area contributed by atoms with Crippen LogP contribution >= 0.6 is 0 Å². The van der Waals surface area contributed by atoms with Crippen LogP contribution in [0.1, 0.15) is 34.1 Å². The smallest absolute Gasteiger partial charge is 0.408 e. The van der Waals surface area contributed by atoms with Gasteiger partial charge in [0.15, 0.2) is 11.5 Å². The molecule has 0 bridgehead atoms. The molecule has 7 nitrogen and oxygen atoms in total. The van der Waals surface area contributed by atoms with Gasteiger partial charge in [0, 0.05) is 18.2 Å². The van der Waals surface area contributed by atoms with Gasteiger partial charge in [0.1, 0.15) is 11.6 Å². The Morgan fingerprint density at radius 2 is 1.83 bits per heavy atom. The van der Waals surface area contributed by atoms with E-state index >= 15 is 0 Å². The first-order chi connectivity index (χ1) is 11.2. The lowest BCUT2D eigenvalue weighted by molar-refractivity contribution is -0.117. The van der Waals surface area contributed by atoms with Crippen molar-refractivity contribution < 1.29 is 23.8 Å². The summed E-state index contributed by atoms with van der Waals surface area (Å²) in [4.78, 5) is 23.9. The zero-order valence-corrected chi connectivity index (χ0v) is 14.5. The van der Waals surface area contributed by atoms with Crippen LogP contribution < -0.4 is 20.1 Å². The van der Waals surface area contributed by atoms with Gasteiger partial charge in [-0.25, -0.2) is 4.79 Å². The Balaban J connectivity index is 1.94. The molecule has 0 radical (unpaired) electrons. The van der Waals surface area contributed by atoms with Crippen molar-refractivity contribution in [2.75, 3.05) is 18.5 Å². The number of nitrogens with one attached hydrogen (secondary N) is 2. The molecule has 0 saturated carbocycles. The fraction of sp³-hybridized carbons (Fsp3) is 0.529. The summed E-state index contributed by atoms with van der Waals surface area (Å²) < 4.78 is 16.3. The summed E-state index contributed by atoms with van der Waals surface area (Å²) in [6, 6.07) is 4.45. The van der Waals surface area contributed by atoms with E-state index < -0.39 is 17.7 Å². The molecule has 7 heteroatoms. The SMILES string of the molecule is CC(NC(=O)OC(C)(C)C)C(=O)Nc1ccc2c(c1)OCCCO2. The average molecular weight is 336 g/mol. The van der Waals surface area contributed by atoms with Crippen LogP contribution in [0, 0.1) is 0 Å². The van der Waals surface area contributed by atoms with Gasteiger partial charge in [-0.3, -0.25) is 4.79 Å². The number of benzene rings is 1. The van der Waals surface area contributed by atoms with Crippen LogP contribution in [0.15, 0.2) is 18.2 Å². The van der Waals surface area contributed by atoms with Gasteiger partial charge in [0.25, 0.3) is 0 Å². The van der Waals surface area contributed by atoms with Gasteiger partial charge in [0.05, 0.1) is 13.2 Å². The highest BCUT2D eigenvalue weighted by molar-refractivity contribution is 5.96. The lowest BCUT2D eigenvalue weighted by Gasteiger charge is -2.21. The quantitative estimate of drug-likeness (QED) is 0.886. The molecule has 1 aromatic rings. The van der Waals surface area contributed by atoms with E-state index in [4.69, 9.17) is 14.2 Å². The van der Waals surface area contributed by atoms with Crippen LogP contribution in [-0.2, 0) is 9.53 Å². The lowest BCUT2D eigenvalue weighted by atomic mass is 10.2. The number of amides is 2. The normalized spacial score (nSPS) is 15.0. The van der Waals surface area contributed by atoms with Crippen LogP contribution in [-0.4, -0.2) is 36.9 Å². The Morgan fingerprint density at radius 1 is 1.17 bits per heavy atom. The molecular weight excluding hydrogens is 312 g/mol. The van der Waals surface area contributed by atoms with Crippen molar-refractivity contribution in [3.63, 3.8) is 0 Å². The fourth-order valence-corrected chi connectivity index (χ4v) is 2.04. The molecule has 0 fully saturated rings. The highest BCUT2D eigenvalue weighted by atomic mass is 16.6. The molecule has 1 atom stereocenters. The Labute approximate surface area is 141 Å². The zero-order chi connectivity index (χ0) is 17.7. The molecule has 24 heavy (non-hydrogen) atoms. The van der Waals surface area contributed by atoms with E-state index in [-0.39, 0.29) is 5.91 Å². The number of ether oxygens (including phenoxy) is 3. The van der Waals surface area contributed by atoms with Crippen LogP contribution in [0.4, 0.5) is 10.5 Å². The summed E-state index contributed by atoms with van der Waals surface area (Å²) in [5, 5.41) is 5.24. The molecule has 1 aromatic carbocycles.